The van der Waals surface area contributed by atoms with Crippen molar-refractivity contribution in [2.45, 2.75) is 4.90 Å². The second-order valence-corrected chi connectivity index (χ2v) is 5.79. The van der Waals surface area contributed by atoms with Gasteiger partial charge >= 0.3 is 0 Å². The number of nitro benzene ring substituents is 1. The molecule has 0 spiro atoms. The van der Waals surface area contributed by atoms with Gasteiger partial charge in [0.2, 0.25) is 0 Å². The maximum atomic E-state index is 12.8. The van der Waals surface area contributed by atoms with Crippen molar-refractivity contribution in [3.8, 4) is 0 Å². The number of halogens is 3. The molecule has 0 amide bonds. The summed E-state index contributed by atoms with van der Waals surface area (Å²) in [7, 11) is 0.672. The molecule has 5 nitrogen and oxygen atoms in total. The summed E-state index contributed by atoms with van der Waals surface area (Å²) < 4.78 is 34.5. The Hall–Kier alpha value is -0.730. The first-order chi connectivity index (χ1) is 6.73. The van der Waals surface area contributed by atoms with Crippen LogP contribution in [-0.4, -0.2) is 13.3 Å². The van der Waals surface area contributed by atoms with E-state index in [0.717, 1.165) is 6.07 Å². The molecule has 1 rings (SSSR count). The van der Waals surface area contributed by atoms with Crippen LogP contribution in [0.4, 0.5) is 10.1 Å². The molecule has 9 heteroatoms. The second kappa shape index (κ2) is 4.03. The lowest BCUT2D eigenvalue weighted by Gasteiger charge is -2.01. The van der Waals surface area contributed by atoms with Crippen LogP contribution in [0.25, 0.3) is 0 Å². The average molecular weight is 319 g/mol. The van der Waals surface area contributed by atoms with Gasteiger partial charge in [0.05, 0.1) is 11.0 Å². The van der Waals surface area contributed by atoms with Crippen molar-refractivity contribution < 1.29 is 17.7 Å². The lowest BCUT2D eigenvalue weighted by Crippen LogP contribution is -2.01. The Morgan fingerprint density at radius 1 is 1.47 bits per heavy atom. The van der Waals surface area contributed by atoms with E-state index in [1.165, 1.54) is 0 Å². The van der Waals surface area contributed by atoms with Crippen LogP contribution < -0.4 is 0 Å². The third-order valence-corrected chi connectivity index (χ3v) is 3.70. The Kier molecular flexibility index (Phi) is 3.31. The van der Waals surface area contributed by atoms with Gasteiger partial charge in [0.25, 0.3) is 14.7 Å². The first kappa shape index (κ1) is 12.3. The molecule has 1 aromatic carbocycles. The van der Waals surface area contributed by atoms with Crippen molar-refractivity contribution in [2.75, 3.05) is 0 Å². The van der Waals surface area contributed by atoms with Gasteiger partial charge in [0, 0.05) is 15.2 Å². The van der Waals surface area contributed by atoms with E-state index >= 15 is 0 Å². The predicted octanol–water partition coefficient (Wildman–Crippen LogP) is 2.42. The van der Waals surface area contributed by atoms with Crippen LogP contribution in [0.3, 0.4) is 0 Å². The summed E-state index contributed by atoms with van der Waals surface area (Å²) >= 11 is 2.69. The molecule has 15 heavy (non-hydrogen) atoms. The highest BCUT2D eigenvalue weighted by Crippen LogP contribution is 2.34. The van der Waals surface area contributed by atoms with E-state index in [1.807, 2.05) is 0 Å². The van der Waals surface area contributed by atoms with Crippen LogP contribution in [0.5, 0.6) is 0 Å². The van der Waals surface area contributed by atoms with E-state index in [-0.39, 0.29) is 4.47 Å². The lowest BCUT2D eigenvalue weighted by atomic mass is 10.3. The fourth-order valence-corrected chi connectivity index (χ4v) is 3.43. The maximum Gasteiger partial charge on any atom is 0.293 e. The zero-order valence-corrected chi connectivity index (χ0v) is 9.94. The number of hydrogen-bond donors (Lipinski definition) is 0. The molecule has 1 aromatic rings. The standard InChI is InChI=1S/C6H2BrClFNO4S/c7-4-1-3(9)2-5(10(11)12)6(4)15(8,13)14/h1-2H. The molecule has 0 unspecified atom stereocenters. The molecule has 0 aliphatic heterocycles. The summed E-state index contributed by atoms with van der Waals surface area (Å²) in [6.07, 6.45) is 0. The molecule has 0 atom stereocenters. The van der Waals surface area contributed by atoms with E-state index in [1.54, 1.807) is 0 Å². The first-order valence-electron chi connectivity index (χ1n) is 3.31. The first-order valence-corrected chi connectivity index (χ1v) is 6.42. The number of nitro groups is 1. The molecule has 0 aliphatic rings. The smallest absolute Gasteiger partial charge is 0.258 e. The number of nitrogens with zero attached hydrogens (tertiary/aromatic N) is 1. The minimum atomic E-state index is -4.31. The quantitative estimate of drug-likeness (QED) is 0.476. The van der Waals surface area contributed by atoms with Gasteiger partial charge in [-0.05, 0) is 22.0 Å². The van der Waals surface area contributed by atoms with Crippen molar-refractivity contribution in [1.82, 2.24) is 0 Å². The van der Waals surface area contributed by atoms with E-state index in [0.29, 0.717) is 6.07 Å². The molecule has 0 saturated heterocycles. The largest absolute Gasteiger partial charge is 0.293 e. The Morgan fingerprint density at radius 2 is 2.00 bits per heavy atom. The van der Waals surface area contributed by atoms with E-state index in [2.05, 4.69) is 15.9 Å². The summed E-state index contributed by atoms with van der Waals surface area (Å²) in [5.74, 6) is -0.933. The fourth-order valence-electron chi connectivity index (χ4n) is 0.924. The molecule has 0 radical (unpaired) electrons. The van der Waals surface area contributed by atoms with Gasteiger partial charge in [-0.2, -0.15) is 0 Å². The molecule has 0 saturated carbocycles. The highest BCUT2D eigenvalue weighted by molar-refractivity contribution is 9.10. The summed E-state index contributed by atoms with van der Waals surface area (Å²) in [6.45, 7) is 0. The molecule has 0 heterocycles. The minimum absolute atomic E-state index is 0.288. The van der Waals surface area contributed by atoms with Gasteiger partial charge in [0.15, 0.2) is 4.90 Å². The van der Waals surface area contributed by atoms with Crippen LogP contribution in [0.15, 0.2) is 21.5 Å². The van der Waals surface area contributed by atoms with E-state index in [4.69, 9.17) is 10.7 Å². The van der Waals surface area contributed by atoms with Crippen LogP contribution in [0, 0.1) is 15.9 Å². The van der Waals surface area contributed by atoms with Crippen molar-refractivity contribution in [3.05, 3.63) is 32.5 Å². The monoisotopic (exact) mass is 317 g/mol. The normalized spacial score (nSPS) is 11.4. The van der Waals surface area contributed by atoms with Gasteiger partial charge < -0.3 is 0 Å². The molecule has 0 fully saturated rings. The molecule has 0 N–H and O–H groups in total. The molecular weight excluding hydrogens is 316 g/mol. The van der Waals surface area contributed by atoms with Gasteiger partial charge in [-0.15, -0.1) is 0 Å². The van der Waals surface area contributed by atoms with Crippen molar-refractivity contribution >= 4 is 41.4 Å². The van der Waals surface area contributed by atoms with E-state index < -0.39 is 30.4 Å². The van der Waals surface area contributed by atoms with Gasteiger partial charge in [-0.1, -0.05) is 0 Å². The number of hydrogen-bond acceptors (Lipinski definition) is 4. The lowest BCUT2D eigenvalue weighted by molar-refractivity contribution is -0.388. The second-order valence-electron chi connectivity index (χ2n) is 2.43. The predicted molar refractivity (Wildman–Crippen MR) is 53.8 cm³/mol. The van der Waals surface area contributed by atoms with Crippen LogP contribution in [-0.2, 0) is 9.05 Å². The molecule has 0 aliphatic carbocycles. The maximum absolute atomic E-state index is 12.8. The summed E-state index contributed by atoms with van der Waals surface area (Å²) in [5.41, 5.74) is -0.906. The average Bonchev–Trinajstić information content (AvgIpc) is 1.99. The third kappa shape index (κ3) is 2.64. The Bertz CT molecular complexity index is 532. The zero-order valence-electron chi connectivity index (χ0n) is 6.78. The van der Waals surface area contributed by atoms with Gasteiger partial charge in [-0.25, -0.2) is 12.8 Å². The Balaban J connectivity index is 3.70. The molecular formula is C6H2BrClFNO4S. The summed E-state index contributed by atoms with van der Waals surface area (Å²) in [4.78, 5) is 8.69. The SMILES string of the molecule is O=[N+]([O-])c1cc(F)cc(Br)c1S(=O)(=O)Cl. The molecule has 0 aromatic heterocycles. The fraction of sp³-hybridized carbons (Fsp3) is 0. The van der Waals surface area contributed by atoms with Crippen molar-refractivity contribution in [2.24, 2.45) is 0 Å². The van der Waals surface area contributed by atoms with Crippen molar-refractivity contribution in [3.63, 3.8) is 0 Å². The topological polar surface area (TPSA) is 77.3 Å². The van der Waals surface area contributed by atoms with Crippen LogP contribution >= 0.6 is 26.6 Å². The summed E-state index contributed by atoms with van der Waals surface area (Å²) in [6, 6.07) is 1.27. The minimum Gasteiger partial charge on any atom is -0.258 e. The number of benzene rings is 1. The highest BCUT2D eigenvalue weighted by atomic mass is 79.9. The van der Waals surface area contributed by atoms with Crippen molar-refractivity contribution in [1.29, 1.82) is 0 Å². The van der Waals surface area contributed by atoms with Gasteiger partial charge in [-0.3, -0.25) is 10.1 Å². The summed E-state index contributed by atoms with van der Waals surface area (Å²) in [5, 5.41) is 10.5. The van der Waals surface area contributed by atoms with Crippen LogP contribution in [0.1, 0.15) is 0 Å². The Morgan fingerprint density at radius 3 is 2.40 bits per heavy atom. The van der Waals surface area contributed by atoms with Crippen LogP contribution in [0.2, 0.25) is 0 Å². The molecule has 82 valence electrons. The highest BCUT2D eigenvalue weighted by Gasteiger charge is 2.28. The number of rotatable bonds is 2. The van der Waals surface area contributed by atoms with E-state index in [9.17, 15) is 22.9 Å². The van der Waals surface area contributed by atoms with Gasteiger partial charge in [0.1, 0.15) is 5.82 Å². The third-order valence-electron chi connectivity index (χ3n) is 1.43. The zero-order chi connectivity index (χ0) is 11.8. The Labute approximate surface area is 96.5 Å². The molecule has 0 bridgehead atoms.